The second-order valence-corrected chi connectivity index (χ2v) is 4.78. The first-order chi connectivity index (χ1) is 8.71. The minimum Gasteiger partial charge on any atom is -0.497 e. The number of methoxy groups -OCH3 is 1. The first kappa shape index (κ1) is 13.0. The second kappa shape index (κ2) is 5.95. The van der Waals surface area contributed by atoms with Gasteiger partial charge >= 0.3 is 0 Å². The highest BCUT2D eigenvalue weighted by Crippen LogP contribution is 2.14. The molecule has 0 aliphatic heterocycles. The molecule has 2 heterocycles. The number of aryl methyl sites for hydroxylation is 2. The molecular formula is C12H15BrN4O. The molecule has 0 aliphatic rings. The maximum atomic E-state index is 5.23. The molecule has 2 rings (SSSR count). The SMILES string of the molecule is COc1cc(C)nc(Cn2cc(CCBr)nn2)c1. The molecule has 0 saturated heterocycles. The number of pyridine rings is 1. The Kier molecular flexibility index (Phi) is 4.30. The molecule has 0 N–H and O–H groups in total. The molecule has 18 heavy (non-hydrogen) atoms. The van der Waals surface area contributed by atoms with Crippen molar-refractivity contribution in [1.29, 1.82) is 0 Å². The van der Waals surface area contributed by atoms with Crippen molar-refractivity contribution in [3.63, 3.8) is 0 Å². The Balaban J connectivity index is 2.14. The molecule has 2 aromatic heterocycles. The molecule has 0 fully saturated rings. The summed E-state index contributed by atoms with van der Waals surface area (Å²) in [6.07, 6.45) is 2.82. The van der Waals surface area contributed by atoms with Crippen molar-refractivity contribution in [3.8, 4) is 5.75 Å². The summed E-state index contributed by atoms with van der Waals surface area (Å²) >= 11 is 3.38. The molecule has 6 heteroatoms. The number of aromatic nitrogens is 4. The predicted octanol–water partition coefficient (Wildman–Crippen LogP) is 1.98. The molecule has 0 unspecified atom stereocenters. The molecule has 2 aromatic rings. The summed E-state index contributed by atoms with van der Waals surface area (Å²) < 4.78 is 7.02. The summed E-state index contributed by atoms with van der Waals surface area (Å²) in [5, 5.41) is 9.06. The van der Waals surface area contributed by atoms with Gasteiger partial charge in [0.05, 0.1) is 25.0 Å². The van der Waals surface area contributed by atoms with Gasteiger partial charge < -0.3 is 4.74 Å². The van der Waals surface area contributed by atoms with Gasteiger partial charge in [-0.25, -0.2) is 4.68 Å². The fraction of sp³-hybridized carbons (Fsp3) is 0.417. The molecule has 96 valence electrons. The van der Waals surface area contributed by atoms with Gasteiger partial charge in [0, 0.05) is 35.8 Å². The molecular weight excluding hydrogens is 296 g/mol. The van der Waals surface area contributed by atoms with Gasteiger partial charge in [-0.05, 0) is 6.92 Å². The molecule has 0 radical (unpaired) electrons. The number of ether oxygens (including phenoxy) is 1. The van der Waals surface area contributed by atoms with E-state index >= 15 is 0 Å². The Morgan fingerprint density at radius 1 is 1.33 bits per heavy atom. The fourth-order valence-corrected chi connectivity index (χ4v) is 2.10. The number of alkyl halides is 1. The minimum atomic E-state index is 0.604. The van der Waals surface area contributed by atoms with Crippen LogP contribution in [0.15, 0.2) is 18.3 Å². The Labute approximate surface area is 114 Å². The van der Waals surface area contributed by atoms with E-state index in [1.807, 2.05) is 25.3 Å². The number of nitrogens with zero attached hydrogens (tertiary/aromatic N) is 4. The predicted molar refractivity (Wildman–Crippen MR) is 72.1 cm³/mol. The van der Waals surface area contributed by atoms with Crippen LogP contribution in [0.2, 0.25) is 0 Å². The fourth-order valence-electron chi connectivity index (χ4n) is 1.69. The summed E-state index contributed by atoms with van der Waals surface area (Å²) in [4.78, 5) is 4.45. The quantitative estimate of drug-likeness (QED) is 0.792. The third-order valence-corrected chi connectivity index (χ3v) is 2.87. The first-order valence-corrected chi connectivity index (χ1v) is 6.80. The highest BCUT2D eigenvalue weighted by atomic mass is 79.9. The van der Waals surface area contributed by atoms with Crippen LogP contribution in [0.1, 0.15) is 17.1 Å². The van der Waals surface area contributed by atoms with Crippen LogP contribution in [0.3, 0.4) is 0 Å². The Morgan fingerprint density at radius 3 is 2.89 bits per heavy atom. The van der Waals surface area contributed by atoms with Crippen molar-refractivity contribution in [1.82, 2.24) is 20.0 Å². The smallest absolute Gasteiger partial charge is 0.122 e. The van der Waals surface area contributed by atoms with Crippen LogP contribution in [-0.2, 0) is 13.0 Å². The summed E-state index contributed by atoms with van der Waals surface area (Å²) in [7, 11) is 1.65. The topological polar surface area (TPSA) is 52.8 Å². The van der Waals surface area contributed by atoms with Crippen LogP contribution in [0.4, 0.5) is 0 Å². The van der Waals surface area contributed by atoms with E-state index in [0.29, 0.717) is 6.54 Å². The standard InChI is InChI=1S/C12H15BrN4O/c1-9-5-12(18-2)6-11(14-9)8-17-7-10(3-4-13)15-16-17/h5-7H,3-4,8H2,1-2H3. The van der Waals surface area contributed by atoms with Crippen molar-refractivity contribution in [2.45, 2.75) is 19.9 Å². The first-order valence-electron chi connectivity index (χ1n) is 5.68. The second-order valence-electron chi connectivity index (χ2n) is 3.99. The van der Waals surface area contributed by atoms with E-state index in [1.54, 1.807) is 11.8 Å². The average molecular weight is 311 g/mol. The van der Waals surface area contributed by atoms with Crippen LogP contribution >= 0.6 is 15.9 Å². The molecule has 0 amide bonds. The van der Waals surface area contributed by atoms with Crippen molar-refractivity contribution < 1.29 is 4.74 Å². The summed E-state index contributed by atoms with van der Waals surface area (Å²) in [5.74, 6) is 0.818. The third-order valence-electron chi connectivity index (χ3n) is 2.48. The van der Waals surface area contributed by atoms with E-state index < -0.39 is 0 Å². The lowest BCUT2D eigenvalue weighted by atomic mass is 10.3. The zero-order valence-electron chi connectivity index (χ0n) is 10.4. The lowest BCUT2D eigenvalue weighted by molar-refractivity contribution is 0.412. The van der Waals surface area contributed by atoms with Crippen LogP contribution in [-0.4, -0.2) is 32.4 Å². The van der Waals surface area contributed by atoms with Gasteiger partial charge in [-0.1, -0.05) is 21.1 Å². The van der Waals surface area contributed by atoms with Crippen molar-refractivity contribution in [2.75, 3.05) is 12.4 Å². The molecule has 0 aliphatic carbocycles. The van der Waals surface area contributed by atoms with Gasteiger partial charge in [0.15, 0.2) is 0 Å². The highest BCUT2D eigenvalue weighted by Gasteiger charge is 2.04. The molecule has 0 bridgehead atoms. The van der Waals surface area contributed by atoms with Gasteiger partial charge in [0.25, 0.3) is 0 Å². The summed E-state index contributed by atoms with van der Waals surface area (Å²) in [6, 6.07) is 3.82. The van der Waals surface area contributed by atoms with Crippen LogP contribution in [0.5, 0.6) is 5.75 Å². The Bertz CT molecular complexity index is 527. The molecule has 0 aromatic carbocycles. The van der Waals surface area contributed by atoms with E-state index in [4.69, 9.17) is 4.74 Å². The summed E-state index contributed by atoms with van der Waals surface area (Å²) in [5.41, 5.74) is 2.83. The van der Waals surface area contributed by atoms with Crippen LogP contribution < -0.4 is 4.74 Å². The lowest BCUT2D eigenvalue weighted by Crippen LogP contribution is -2.04. The number of hydrogen-bond donors (Lipinski definition) is 0. The van der Waals surface area contributed by atoms with Crippen molar-refractivity contribution in [3.05, 3.63) is 35.4 Å². The normalized spacial score (nSPS) is 10.6. The average Bonchev–Trinajstić information content (AvgIpc) is 2.76. The van der Waals surface area contributed by atoms with E-state index in [-0.39, 0.29) is 0 Å². The Hall–Kier alpha value is -1.43. The van der Waals surface area contributed by atoms with Gasteiger partial charge in [-0.15, -0.1) is 5.10 Å². The number of hydrogen-bond acceptors (Lipinski definition) is 4. The Morgan fingerprint density at radius 2 is 2.17 bits per heavy atom. The van der Waals surface area contributed by atoms with Crippen molar-refractivity contribution in [2.24, 2.45) is 0 Å². The lowest BCUT2D eigenvalue weighted by Gasteiger charge is -2.05. The van der Waals surface area contributed by atoms with E-state index in [2.05, 4.69) is 31.2 Å². The molecule has 5 nitrogen and oxygen atoms in total. The van der Waals surface area contributed by atoms with E-state index in [9.17, 15) is 0 Å². The molecule has 0 spiro atoms. The van der Waals surface area contributed by atoms with Gasteiger partial charge in [0.1, 0.15) is 5.75 Å². The van der Waals surface area contributed by atoms with Gasteiger partial charge in [0.2, 0.25) is 0 Å². The van der Waals surface area contributed by atoms with Gasteiger partial charge in [-0.2, -0.15) is 0 Å². The van der Waals surface area contributed by atoms with E-state index in [0.717, 1.165) is 34.6 Å². The zero-order valence-corrected chi connectivity index (χ0v) is 12.0. The summed E-state index contributed by atoms with van der Waals surface area (Å²) in [6.45, 7) is 2.55. The number of halogens is 1. The highest BCUT2D eigenvalue weighted by molar-refractivity contribution is 9.09. The maximum Gasteiger partial charge on any atom is 0.122 e. The van der Waals surface area contributed by atoms with Crippen LogP contribution in [0, 0.1) is 6.92 Å². The monoisotopic (exact) mass is 310 g/mol. The van der Waals surface area contributed by atoms with E-state index in [1.165, 1.54) is 0 Å². The molecule has 0 saturated carbocycles. The zero-order chi connectivity index (χ0) is 13.0. The third kappa shape index (κ3) is 3.29. The maximum absolute atomic E-state index is 5.23. The van der Waals surface area contributed by atoms with Crippen LogP contribution in [0.25, 0.3) is 0 Å². The van der Waals surface area contributed by atoms with Crippen molar-refractivity contribution >= 4 is 15.9 Å². The molecule has 0 atom stereocenters. The minimum absolute atomic E-state index is 0.604. The van der Waals surface area contributed by atoms with Gasteiger partial charge in [-0.3, -0.25) is 4.98 Å². The largest absolute Gasteiger partial charge is 0.497 e. The number of rotatable bonds is 5.